The standard InChI is InChI=1S/C51H38N2O/c1-33-14-13-17-39(28-33)52(49-30-34(2)44(29-35(49)3)36-15-5-4-6-16-36)40-31-45(51-46(32-40)43-20-9-12-23-50(43)54-51)37-24-26-38(27-25-37)53-47-21-10-7-18-41(47)42-19-8-11-22-48(42)53/h4-32H,1-3H3. The lowest BCUT2D eigenvalue weighted by Gasteiger charge is -2.29. The molecule has 10 rings (SSSR count). The molecule has 0 saturated carbocycles. The Hall–Kier alpha value is -6.84. The van der Waals surface area contributed by atoms with Crippen LogP contribution >= 0.6 is 0 Å². The highest BCUT2D eigenvalue weighted by molar-refractivity contribution is 6.12. The van der Waals surface area contributed by atoms with Gasteiger partial charge in [0, 0.05) is 49.9 Å². The van der Waals surface area contributed by atoms with Crippen molar-refractivity contribution < 1.29 is 4.42 Å². The van der Waals surface area contributed by atoms with Crippen LogP contribution in [-0.2, 0) is 0 Å². The van der Waals surface area contributed by atoms with Crippen molar-refractivity contribution >= 4 is 60.8 Å². The van der Waals surface area contributed by atoms with E-state index in [0.29, 0.717) is 0 Å². The Morgan fingerprint density at radius 1 is 0.444 bits per heavy atom. The van der Waals surface area contributed by atoms with Gasteiger partial charge in [-0.2, -0.15) is 0 Å². The first-order valence-electron chi connectivity index (χ1n) is 18.6. The van der Waals surface area contributed by atoms with Gasteiger partial charge in [0.2, 0.25) is 0 Å². The summed E-state index contributed by atoms with van der Waals surface area (Å²) in [5.41, 5.74) is 16.9. The zero-order valence-corrected chi connectivity index (χ0v) is 30.5. The number of hydrogen-bond acceptors (Lipinski definition) is 2. The smallest absolute Gasteiger partial charge is 0.143 e. The molecule has 0 aliphatic carbocycles. The van der Waals surface area contributed by atoms with E-state index in [1.807, 2.05) is 6.07 Å². The van der Waals surface area contributed by atoms with Gasteiger partial charge >= 0.3 is 0 Å². The molecule has 3 nitrogen and oxygen atoms in total. The molecule has 8 aromatic carbocycles. The van der Waals surface area contributed by atoms with Crippen molar-refractivity contribution in [3.05, 3.63) is 193 Å². The number of nitrogens with zero attached hydrogens (tertiary/aromatic N) is 2. The third kappa shape index (κ3) is 5.20. The number of para-hydroxylation sites is 3. The first-order chi connectivity index (χ1) is 26.5. The van der Waals surface area contributed by atoms with Crippen LogP contribution < -0.4 is 4.90 Å². The minimum atomic E-state index is 0.883. The molecule has 0 N–H and O–H groups in total. The fourth-order valence-electron chi connectivity index (χ4n) is 8.31. The fraction of sp³-hybridized carbons (Fsp3) is 0.0588. The topological polar surface area (TPSA) is 21.3 Å². The lowest BCUT2D eigenvalue weighted by Crippen LogP contribution is -2.12. The van der Waals surface area contributed by atoms with Crippen LogP contribution in [0, 0.1) is 20.8 Å². The zero-order chi connectivity index (χ0) is 36.3. The minimum Gasteiger partial charge on any atom is -0.455 e. The molecule has 3 heteroatoms. The Morgan fingerprint density at radius 3 is 1.81 bits per heavy atom. The average Bonchev–Trinajstić information content (AvgIpc) is 3.75. The minimum absolute atomic E-state index is 0.883. The Balaban J connectivity index is 1.19. The lowest BCUT2D eigenvalue weighted by molar-refractivity contribution is 0.670. The van der Waals surface area contributed by atoms with Crippen LogP contribution in [0.2, 0.25) is 0 Å². The maximum Gasteiger partial charge on any atom is 0.143 e. The van der Waals surface area contributed by atoms with Crippen LogP contribution in [0.1, 0.15) is 16.7 Å². The molecule has 2 aromatic heterocycles. The highest BCUT2D eigenvalue weighted by atomic mass is 16.3. The summed E-state index contributed by atoms with van der Waals surface area (Å²) in [4.78, 5) is 2.42. The fourth-order valence-corrected chi connectivity index (χ4v) is 8.31. The molecular formula is C51H38N2O. The van der Waals surface area contributed by atoms with E-state index in [1.165, 1.54) is 49.6 Å². The van der Waals surface area contributed by atoms with E-state index >= 15 is 0 Å². The van der Waals surface area contributed by atoms with Gasteiger partial charge in [-0.1, -0.05) is 109 Å². The summed E-state index contributed by atoms with van der Waals surface area (Å²) in [7, 11) is 0. The highest BCUT2D eigenvalue weighted by Crippen LogP contribution is 2.45. The average molecular weight is 695 g/mol. The number of fused-ring (bicyclic) bond motifs is 6. The van der Waals surface area contributed by atoms with E-state index in [-0.39, 0.29) is 0 Å². The summed E-state index contributed by atoms with van der Waals surface area (Å²) in [6.45, 7) is 6.61. The Bertz CT molecular complexity index is 2970. The van der Waals surface area contributed by atoms with Crippen LogP contribution in [0.3, 0.4) is 0 Å². The van der Waals surface area contributed by atoms with Gasteiger partial charge in [0.25, 0.3) is 0 Å². The van der Waals surface area contributed by atoms with Crippen LogP contribution in [0.4, 0.5) is 17.1 Å². The summed E-state index contributed by atoms with van der Waals surface area (Å²) >= 11 is 0. The largest absolute Gasteiger partial charge is 0.455 e. The molecule has 0 fully saturated rings. The first kappa shape index (κ1) is 31.9. The number of hydrogen-bond donors (Lipinski definition) is 0. The van der Waals surface area contributed by atoms with Crippen LogP contribution in [0.15, 0.2) is 180 Å². The molecule has 258 valence electrons. The number of anilines is 3. The second kappa shape index (κ2) is 12.7. The second-order valence-corrected chi connectivity index (χ2v) is 14.4. The Morgan fingerprint density at radius 2 is 1.09 bits per heavy atom. The summed E-state index contributed by atoms with van der Waals surface area (Å²) in [5, 5.41) is 4.71. The zero-order valence-electron chi connectivity index (χ0n) is 30.5. The summed E-state index contributed by atoms with van der Waals surface area (Å²) < 4.78 is 9.07. The second-order valence-electron chi connectivity index (χ2n) is 14.4. The quantitative estimate of drug-likeness (QED) is 0.173. The van der Waals surface area contributed by atoms with E-state index in [9.17, 15) is 0 Å². The van der Waals surface area contributed by atoms with Gasteiger partial charge in [-0.3, -0.25) is 0 Å². The Labute approximate surface area is 315 Å². The number of rotatable bonds is 6. The molecule has 10 aromatic rings. The predicted octanol–water partition coefficient (Wildman–Crippen LogP) is 14.4. The molecule has 54 heavy (non-hydrogen) atoms. The summed E-state index contributed by atoms with van der Waals surface area (Å²) in [5.74, 6) is 0. The van der Waals surface area contributed by atoms with Gasteiger partial charge in [-0.05, 0) is 121 Å². The van der Waals surface area contributed by atoms with Gasteiger partial charge in [0.1, 0.15) is 11.2 Å². The van der Waals surface area contributed by atoms with Crippen LogP contribution in [-0.4, -0.2) is 4.57 Å². The molecular weight excluding hydrogens is 657 g/mol. The van der Waals surface area contributed by atoms with E-state index in [0.717, 1.165) is 55.8 Å². The van der Waals surface area contributed by atoms with Crippen molar-refractivity contribution in [1.29, 1.82) is 0 Å². The van der Waals surface area contributed by atoms with Crippen molar-refractivity contribution in [2.45, 2.75) is 20.8 Å². The molecule has 0 saturated heterocycles. The molecule has 0 aliphatic rings. The van der Waals surface area contributed by atoms with Crippen molar-refractivity contribution in [1.82, 2.24) is 4.57 Å². The van der Waals surface area contributed by atoms with Crippen molar-refractivity contribution in [3.63, 3.8) is 0 Å². The third-order valence-electron chi connectivity index (χ3n) is 10.9. The molecule has 0 spiro atoms. The molecule has 0 amide bonds. The van der Waals surface area contributed by atoms with Gasteiger partial charge in [0.15, 0.2) is 0 Å². The van der Waals surface area contributed by atoms with Crippen molar-refractivity contribution in [3.8, 4) is 27.9 Å². The summed E-state index contributed by atoms with van der Waals surface area (Å²) in [6, 6.07) is 63.4. The number of benzene rings is 8. The first-order valence-corrected chi connectivity index (χ1v) is 18.6. The maximum absolute atomic E-state index is 6.70. The normalized spacial score (nSPS) is 11.6. The number of aryl methyl sites for hydroxylation is 3. The third-order valence-corrected chi connectivity index (χ3v) is 10.9. The highest BCUT2D eigenvalue weighted by Gasteiger charge is 2.22. The molecule has 2 heterocycles. The maximum atomic E-state index is 6.70. The monoisotopic (exact) mass is 694 g/mol. The number of furan rings is 1. The summed E-state index contributed by atoms with van der Waals surface area (Å²) in [6.07, 6.45) is 0. The molecule has 0 radical (unpaired) electrons. The van der Waals surface area contributed by atoms with Gasteiger partial charge < -0.3 is 13.9 Å². The predicted molar refractivity (Wildman–Crippen MR) is 228 cm³/mol. The molecule has 0 atom stereocenters. The number of aromatic nitrogens is 1. The molecule has 0 bridgehead atoms. The van der Waals surface area contributed by atoms with Crippen molar-refractivity contribution in [2.75, 3.05) is 4.90 Å². The Kier molecular flexibility index (Phi) is 7.48. The van der Waals surface area contributed by atoms with E-state index < -0.39 is 0 Å². The van der Waals surface area contributed by atoms with Gasteiger partial charge in [0.05, 0.1) is 11.0 Å². The lowest BCUT2D eigenvalue weighted by atomic mass is 9.95. The van der Waals surface area contributed by atoms with Gasteiger partial charge in [-0.15, -0.1) is 0 Å². The SMILES string of the molecule is Cc1cccc(N(c2cc(-c3ccc(-n4c5ccccc5c5ccccc54)cc3)c3oc4ccccc4c3c2)c2cc(C)c(-c3ccccc3)cc2C)c1. The molecule has 0 unspecified atom stereocenters. The van der Waals surface area contributed by atoms with Crippen molar-refractivity contribution in [2.24, 2.45) is 0 Å². The van der Waals surface area contributed by atoms with Crippen LogP contribution in [0.25, 0.3) is 71.7 Å². The van der Waals surface area contributed by atoms with Crippen LogP contribution in [0.5, 0.6) is 0 Å². The van der Waals surface area contributed by atoms with E-state index in [1.54, 1.807) is 0 Å². The van der Waals surface area contributed by atoms with Gasteiger partial charge in [-0.25, -0.2) is 0 Å². The molecule has 0 aliphatic heterocycles. The van der Waals surface area contributed by atoms with E-state index in [4.69, 9.17) is 4.42 Å². The van der Waals surface area contributed by atoms with E-state index in [2.05, 4.69) is 200 Å².